The molecule has 0 unspecified atom stereocenters. The van der Waals surface area contributed by atoms with Crippen LogP contribution in [0.15, 0.2) is 66.0 Å². The van der Waals surface area contributed by atoms with Crippen LogP contribution in [-0.4, -0.2) is 35.8 Å². The molecule has 0 saturated carbocycles. The molecule has 0 saturated heterocycles. The SMILES string of the molecule is COc1cccc(S(=O)(=O)Nc2cccc(C(=O)c3cn(C)c4ncnc(N)c34)c2)c1. The van der Waals surface area contributed by atoms with Crippen molar-refractivity contribution in [3.8, 4) is 5.75 Å². The predicted molar refractivity (Wildman–Crippen MR) is 117 cm³/mol. The van der Waals surface area contributed by atoms with Crippen LogP contribution in [0, 0.1) is 0 Å². The van der Waals surface area contributed by atoms with Crippen LogP contribution < -0.4 is 15.2 Å². The quantitative estimate of drug-likeness (QED) is 0.444. The third kappa shape index (κ3) is 3.80. The van der Waals surface area contributed by atoms with Gasteiger partial charge in [-0.15, -0.1) is 0 Å². The maximum absolute atomic E-state index is 13.2. The van der Waals surface area contributed by atoms with Gasteiger partial charge >= 0.3 is 0 Å². The summed E-state index contributed by atoms with van der Waals surface area (Å²) in [6, 6.07) is 12.3. The molecule has 0 atom stereocenters. The number of aryl methyl sites for hydroxylation is 1. The Kier molecular flexibility index (Phi) is 5.07. The minimum atomic E-state index is -3.88. The molecule has 2 aromatic carbocycles. The molecule has 0 aliphatic carbocycles. The summed E-state index contributed by atoms with van der Waals surface area (Å²) in [5, 5.41) is 0.456. The molecule has 4 aromatic rings. The van der Waals surface area contributed by atoms with Crippen molar-refractivity contribution in [3.63, 3.8) is 0 Å². The topological polar surface area (TPSA) is 129 Å². The Hall–Kier alpha value is -3.92. The van der Waals surface area contributed by atoms with Crippen molar-refractivity contribution >= 4 is 38.3 Å². The van der Waals surface area contributed by atoms with Crippen LogP contribution in [0.2, 0.25) is 0 Å². The Labute approximate surface area is 178 Å². The maximum atomic E-state index is 13.2. The minimum absolute atomic E-state index is 0.0440. The Balaban J connectivity index is 1.68. The average Bonchev–Trinajstić information content (AvgIpc) is 3.11. The van der Waals surface area contributed by atoms with Crippen molar-refractivity contribution in [1.82, 2.24) is 14.5 Å². The van der Waals surface area contributed by atoms with Gasteiger partial charge in [-0.3, -0.25) is 9.52 Å². The van der Waals surface area contributed by atoms with E-state index in [-0.39, 0.29) is 22.2 Å². The lowest BCUT2D eigenvalue weighted by molar-refractivity contribution is 0.104. The zero-order chi connectivity index (χ0) is 22.2. The second kappa shape index (κ2) is 7.73. The van der Waals surface area contributed by atoms with E-state index in [1.54, 1.807) is 48.1 Å². The highest BCUT2D eigenvalue weighted by molar-refractivity contribution is 7.92. The van der Waals surface area contributed by atoms with Gasteiger partial charge in [0.2, 0.25) is 0 Å². The number of nitrogens with zero attached hydrogens (tertiary/aromatic N) is 3. The predicted octanol–water partition coefficient (Wildman–Crippen LogP) is 2.59. The zero-order valence-electron chi connectivity index (χ0n) is 16.7. The normalized spacial score (nSPS) is 11.4. The minimum Gasteiger partial charge on any atom is -0.497 e. The van der Waals surface area contributed by atoms with Gasteiger partial charge in [0.1, 0.15) is 23.5 Å². The zero-order valence-corrected chi connectivity index (χ0v) is 17.6. The fraction of sp³-hybridized carbons (Fsp3) is 0.0952. The number of fused-ring (bicyclic) bond motifs is 1. The number of methoxy groups -OCH3 is 1. The van der Waals surface area contributed by atoms with Crippen molar-refractivity contribution in [2.75, 3.05) is 17.6 Å². The molecular weight excluding hydrogens is 418 g/mol. The number of nitrogens with one attached hydrogen (secondary N) is 1. The van der Waals surface area contributed by atoms with Crippen molar-refractivity contribution in [3.05, 3.63) is 72.2 Å². The number of nitrogen functional groups attached to an aromatic ring is 1. The highest BCUT2D eigenvalue weighted by Crippen LogP contribution is 2.27. The lowest BCUT2D eigenvalue weighted by Gasteiger charge is -2.10. The molecule has 0 aliphatic heterocycles. The first-order valence-corrected chi connectivity index (χ1v) is 10.7. The van der Waals surface area contributed by atoms with Crippen LogP contribution in [0.4, 0.5) is 11.5 Å². The van der Waals surface area contributed by atoms with Gasteiger partial charge < -0.3 is 15.0 Å². The monoisotopic (exact) mass is 437 g/mol. The van der Waals surface area contributed by atoms with Crippen LogP contribution >= 0.6 is 0 Å². The van der Waals surface area contributed by atoms with E-state index in [1.165, 1.54) is 31.6 Å². The van der Waals surface area contributed by atoms with E-state index >= 15 is 0 Å². The average molecular weight is 437 g/mol. The molecule has 10 heteroatoms. The summed E-state index contributed by atoms with van der Waals surface area (Å²) in [6.07, 6.45) is 2.96. The third-order valence-corrected chi connectivity index (χ3v) is 6.13. The standard InChI is InChI=1S/C21H19N5O4S/c1-26-11-17(18-20(22)23-12-24-21(18)26)19(27)13-5-3-6-14(9-13)25-31(28,29)16-8-4-7-15(10-16)30-2/h3-12,25H,1-2H3,(H2,22,23,24). The fourth-order valence-corrected chi connectivity index (χ4v) is 4.35. The Morgan fingerprint density at radius 3 is 2.68 bits per heavy atom. The molecule has 2 aromatic heterocycles. The van der Waals surface area contributed by atoms with Gasteiger partial charge in [0.05, 0.1) is 23.0 Å². The number of hydrogen-bond donors (Lipinski definition) is 2. The van der Waals surface area contributed by atoms with E-state index in [1.807, 2.05) is 0 Å². The number of rotatable bonds is 6. The second-order valence-corrected chi connectivity index (χ2v) is 8.49. The number of carbonyl (C=O) groups is 1. The number of benzene rings is 2. The van der Waals surface area contributed by atoms with E-state index in [9.17, 15) is 13.2 Å². The smallest absolute Gasteiger partial charge is 0.262 e. The molecule has 4 rings (SSSR count). The van der Waals surface area contributed by atoms with E-state index in [0.717, 1.165) is 0 Å². The van der Waals surface area contributed by atoms with Gasteiger partial charge in [-0.1, -0.05) is 18.2 Å². The van der Waals surface area contributed by atoms with Crippen LogP contribution in [0.25, 0.3) is 11.0 Å². The number of sulfonamides is 1. The molecule has 0 bridgehead atoms. The van der Waals surface area contributed by atoms with Crippen LogP contribution in [0.5, 0.6) is 5.75 Å². The third-order valence-electron chi connectivity index (χ3n) is 4.76. The molecular formula is C21H19N5O4S. The summed E-state index contributed by atoms with van der Waals surface area (Å²) in [6.45, 7) is 0. The number of hydrogen-bond acceptors (Lipinski definition) is 7. The van der Waals surface area contributed by atoms with Gasteiger partial charge in [-0.2, -0.15) is 0 Å². The largest absolute Gasteiger partial charge is 0.497 e. The van der Waals surface area contributed by atoms with Crippen LogP contribution in [0.3, 0.4) is 0 Å². The molecule has 3 N–H and O–H groups in total. The lowest BCUT2D eigenvalue weighted by atomic mass is 10.0. The van der Waals surface area contributed by atoms with Gasteiger partial charge in [-0.25, -0.2) is 18.4 Å². The Morgan fingerprint density at radius 1 is 1.13 bits per heavy atom. The fourth-order valence-electron chi connectivity index (χ4n) is 3.27. The first-order chi connectivity index (χ1) is 14.8. The Morgan fingerprint density at radius 2 is 1.90 bits per heavy atom. The second-order valence-electron chi connectivity index (χ2n) is 6.81. The number of ether oxygens (including phenoxy) is 1. The number of ketones is 1. The first-order valence-electron chi connectivity index (χ1n) is 9.17. The summed E-state index contributed by atoms with van der Waals surface area (Å²) in [4.78, 5) is 21.4. The molecule has 0 fully saturated rings. The van der Waals surface area contributed by atoms with Gasteiger partial charge in [-0.05, 0) is 24.3 Å². The molecule has 0 radical (unpaired) electrons. The van der Waals surface area contributed by atoms with Crippen molar-refractivity contribution in [2.45, 2.75) is 4.90 Å². The summed E-state index contributed by atoms with van der Waals surface area (Å²) >= 11 is 0. The molecule has 0 amide bonds. The highest BCUT2D eigenvalue weighted by Gasteiger charge is 2.20. The van der Waals surface area contributed by atoms with Crippen molar-refractivity contribution < 1.29 is 17.9 Å². The maximum Gasteiger partial charge on any atom is 0.262 e. The number of carbonyl (C=O) groups excluding carboxylic acids is 1. The number of aromatic nitrogens is 3. The Bertz CT molecular complexity index is 1410. The molecule has 31 heavy (non-hydrogen) atoms. The molecule has 0 aliphatic rings. The van der Waals surface area contributed by atoms with Crippen molar-refractivity contribution in [2.24, 2.45) is 7.05 Å². The first kappa shape index (κ1) is 20.4. The van der Waals surface area contributed by atoms with Gasteiger partial charge in [0.25, 0.3) is 10.0 Å². The van der Waals surface area contributed by atoms with Crippen LogP contribution in [-0.2, 0) is 17.1 Å². The summed E-state index contributed by atoms with van der Waals surface area (Å²) in [7, 11) is -0.664. The molecule has 158 valence electrons. The van der Waals surface area contributed by atoms with E-state index in [2.05, 4.69) is 14.7 Å². The lowest BCUT2D eigenvalue weighted by Crippen LogP contribution is -2.13. The summed E-state index contributed by atoms with van der Waals surface area (Å²) in [5.74, 6) is 0.293. The number of anilines is 2. The molecule has 0 spiro atoms. The van der Waals surface area contributed by atoms with E-state index < -0.39 is 10.0 Å². The summed E-state index contributed by atoms with van der Waals surface area (Å²) < 4.78 is 34.8. The summed E-state index contributed by atoms with van der Waals surface area (Å²) in [5.41, 5.74) is 7.38. The van der Waals surface area contributed by atoms with Crippen molar-refractivity contribution in [1.29, 1.82) is 0 Å². The molecule has 2 heterocycles. The van der Waals surface area contributed by atoms with Gasteiger partial charge in [0, 0.05) is 30.6 Å². The van der Waals surface area contributed by atoms with Gasteiger partial charge in [0.15, 0.2) is 5.78 Å². The highest BCUT2D eigenvalue weighted by atomic mass is 32.2. The van der Waals surface area contributed by atoms with E-state index in [4.69, 9.17) is 10.5 Å². The van der Waals surface area contributed by atoms with Crippen LogP contribution in [0.1, 0.15) is 15.9 Å². The van der Waals surface area contributed by atoms with E-state index in [0.29, 0.717) is 27.9 Å². The number of nitrogens with two attached hydrogens (primary N) is 1. The molecule has 9 nitrogen and oxygen atoms in total.